The molecule has 28 heavy (non-hydrogen) atoms. The van der Waals surface area contributed by atoms with Gasteiger partial charge in [0.15, 0.2) is 0 Å². The number of nitrogens with zero attached hydrogens (tertiary/aromatic N) is 1. The lowest BCUT2D eigenvalue weighted by Crippen LogP contribution is -2.07. The number of carbonyl (C=O) groups is 1. The van der Waals surface area contributed by atoms with Crippen molar-refractivity contribution in [3.63, 3.8) is 0 Å². The van der Waals surface area contributed by atoms with E-state index in [2.05, 4.69) is 15.6 Å². The summed E-state index contributed by atoms with van der Waals surface area (Å²) in [4.78, 5) is 16.6. The first-order valence-electron chi connectivity index (χ1n) is 8.66. The third kappa shape index (κ3) is 4.88. The third-order valence-corrected chi connectivity index (χ3v) is 3.98. The molecule has 7 heteroatoms. The normalized spacial score (nSPS) is 11.7. The van der Waals surface area contributed by atoms with Crippen molar-refractivity contribution >= 4 is 34.4 Å². The molecule has 144 valence electrons. The summed E-state index contributed by atoms with van der Waals surface area (Å²) in [6, 6.07) is 13.7. The Morgan fingerprint density at radius 1 is 1.07 bits per heavy atom. The Morgan fingerprint density at radius 2 is 1.82 bits per heavy atom. The number of amides is 1. The van der Waals surface area contributed by atoms with Crippen molar-refractivity contribution in [2.45, 2.75) is 13.1 Å². The molecule has 2 aromatic carbocycles. The van der Waals surface area contributed by atoms with Crippen molar-refractivity contribution in [3.05, 3.63) is 71.8 Å². The first kappa shape index (κ1) is 19.4. The van der Waals surface area contributed by atoms with Gasteiger partial charge in [-0.3, -0.25) is 4.79 Å². The lowest BCUT2D eigenvalue weighted by Gasteiger charge is -2.07. The predicted octanol–water partition coefficient (Wildman–Crippen LogP) is 5.34. The first-order chi connectivity index (χ1) is 13.3. The molecule has 1 amide bonds. The number of rotatable bonds is 5. The van der Waals surface area contributed by atoms with Crippen molar-refractivity contribution in [3.8, 4) is 0 Å². The van der Waals surface area contributed by atoms with E-state index in [9.17, 15) is 18.0 Å². The molecule has 3 aromatic rings. The Morgan fingerprint density at radius 3 is 2.50 bits per heavy atom. The standard InChI is InChI=1S/C21H18F3N3O/c1-2-25-19-11-6-15-13-17(9-10-18(15)27-19)26-20(28)12-5-14-3-7-16(8-4-14)21(22,23)24/h3-13H,2H2,1H3,(H,25,27)(H,26,28)/b12-5+. The molecule has 0 aliphatic heterocycles. The zero-order valence-corrected chi connectivity index (χ0v) is 15.0. The second-order valence-electron chi connectivity index (χ2n) is 6.08. The fraction of sp³-hybridized carbons (Fsp3) is 0.143. The van der Waals surface area contributed by atoms with Crippen molar-refractivity contribution in [2.75, 3.05) is 17.2 Å². The minimum absolute atomic E-state index is 0.378. The summed E-state index contributed by atoms with van der Waals surface area (Å²) >= 11 is 0. The summed E-state index contributed by atoms with van der Waals surface area (Å²) in [6.45, 7) is 2.76. The van der Waals surface area contributed by atoms with Gasteiger partial charge in [-0.15, -0.1) is 0 Å². The van der Waals surface area contributed by atoms with Crippen LogP contribution >= 0.6 is 0 Å². The van der Waals surface area contributed by atoms with Gasteiger partial charge in [0, 0.05) is 23.7 Å². The van der Waals surface area contributed by atoms with Crippen LogP contribution in [0.3, 0.4) is 0 Å². The van der Waals surface area contributed by atoms with E-state index in [1.807, 2.05) is 31.2 Å². The quantitative estimate of drug-likeness (QED) is 0.583. The Bertz CT molecular complexity index is 1010. The number of pyridine rings is 1. The van der Waals surface area contributed by atoms with Crippen LogP contribution in [0.25, 0.3) is 17.0 Å². The minimum atomic E-state index is -4.38. The van der Waals surface area contributed by atoms with Crippen molar-refractivity contribution in [2.24, 2.45) is 0 Å². The summed E-state index contributed by atoms with van der Waals surface area (Å²) in [5.41, 5.74) is 1.18. The fourth-order valence-corrected chi connectivity index (χ4v) is 2.62. The van der Waals surface area contributed by atoms with E-state index in [-0.39, 0.29) is 5.91 Å². The van der Waals surface area contributed by atoms with Crippen molar-refractivity contribution < 1.29 is 18.0 Å². The van der Waals surface area contributed by atoms with E-state index in [0.717, 1.165) is 35.4 Å². The highest BCUT2D eigenvalue weighted by Gasteiger charge is 2.29. The number of carbonyl (C=O) groups excluding carboxylic acids is 1. The molecule has 3 rings (SSSR count). The average Bonchev–Trinajstić information content (AvgIpc) is 2.66. The summed E-state index contributed by atoms with van der Waals surface area (Å²) in [5, 5.41) is 6.75. The number of hydrogen-bond donors (Lipinski definition) is 2. The number of halogens is 3. The molecule has 0 bridgehead atoms. The summed E-state index contributed by atoms with van der Waals surface area (Å²) < 4.78 is 37.7. The second kappa shape index (κ2) is 8.12. The van der Waals surface area contributed by atoms with E-state index in [4.69, 9.17) is 0 Å². The Hall–Kier alpha value is -3.35. The van der Waals surface area contributed by atoms with E-state index < -0.39 is 11.7 Å². The molecular formula is C21H18F3N3O. The van der Waals surface area contributed by atoms with Crippen molar-refractivity contribution in [1.29, 1.82) is 0 Å². The van der Waals surface area contributed by atoms with E-state index >= 15 is 0 Å². The monoisotopic (exact) mass is 385 g/mol. The van der Waals surface area contributed by atoms with Crippen LogP contribution in [0, 0.1) is 0 Å². The van der Waals surface area contributed by atoms with E-state index in [1.54, 1.807) is 6.07 Å². The molecule has 0 saturated heterocycles. The van der Waals surface area contributed by atoms with Gasteiger partial charge in [-0.2, -0.15) is 13.2 Å². The van der Waals surface area contributed by atoms with Crippen LogP contribution in [0.1, 0.15) is 18.1 Å². The number of benzene rings is 2. The smallest absolute Gasteiger partial charge is 0.370 e. The summed E-state index contributed by atoms with van der Waals surface area (Å²) in [6.07, 6.45) is -1.64. The Balaban J connectivity index is 1.67. The lowest BCUT2D eigenvalue weighted by molar-refractivity contribution is -0.137. The molecule has 0 unspecified atom stereocenters. The predicted molar refractivity (Wildman–Crippen MR) is 105 cm³/mol. The number of alkyl halides is 3. The molecule has 2 N–H and O–H groups in total. The van der Waals surface area contributed by atoms with Gasteiger partial charge in [-0.05, 0) is 61.0 Å². The Kier molecular flexibility index (Phi) is 5.63. The van der Waals surface area contributed by atoms with Crippen LogP contribution < -0.4 is 10.6 Å². The molecule has 0 fully saturated rings. The van der Waals surface area contributed by atoms with Gasteiger partial charge in [0.1, 0.15) is 5.82 Å². The van der Waals surface area contributed by atoms with Crippen LogP contribution in [0.5, 0.6) is 0 Å². The molecule has 0 radical (unpaired) electrons. The van der Waals surface area contributed by atoms with Gasteiger partial charge in [-0.1, -0.05) is 12.1 Å². The highest BCUT2D eigenvalue weighted by Crippen LogP contribution is 2.29. The maximum absolute atomic E-state index is 12.6. The molecule has 0 atom stereocenters. The van der Waals surface area contributed by atoms with Crippen LogP contribution in [-0.2, 0) is 11.0 Å². The zero-order valence-electron chi connectivity index (χ0n) is 15.0. The molecule has 4 nitrogen and oxygen atoms in total. The molecule has 1 heterocycles. The zero-order chi connectivity index (χ0) is 20.1. The SMILES string of the molecule is CCNc1ccc2cc(NC(=O)/C=C/c3ccc(C(F)(F)F)cc3)ccc2n1. The number of anilines is 2. The van der Waals surface area contributed by atoms with E-state index in [0.29, 0.717) is 11.3 Å². The molecule has 0 aliphatic carbocycles. The van der Waals surface area contributed by atoms with Gasteiger partial charge in [0.05, 0.1) is 11.1 Å². The summed E-state index contributed by atoms with van der Waals surface area (Å²) in [7, 11) is 0. The van der Waals surface area contributed by atoms with Gasteiger partial charge < -0.3 is 10.6 Å². The van der Waals surface area contributed by atoms with Gasteiger partial charge in [0.25, 0.3) is 0 Å². The fourth-order valence-electron chi connectivity index (χ4n) is 2.62. The highest BCUT2D eigenvalue weighted by atomic mass is 19.4. The van der Waals surface area contributed by atoms with Crippen LogP contribution in [0.4, 0.5) is 24.7 Å². The topological polar surface area (TPSA) is 54.0 Å². The van der Waals surface area contributed by atoms with Crippen LogP contribution in [0.2, 0.25) is 0 Å². The van der Waals surface area contributed by atoms with Crippen LogP contribution in [-0.4, -0.2) is 17.4 Å². The lowest BCUT2D eigenvalue weighted by atomic mass is 10.1. The summed E-state index contributed by atoms with van der Waals surface area (Å²) in [5.74, 6) is 0.405. The van der Waals surface area contributed by atoms with E-state index in [1.165, 1.54) is 24.3 Å². The van der Waals surface area contributed by atoms with Gasteiger partial charge >= 0.3 is 6.18 Å². The number of nitrogens with one attached hydrogen (secondary N) is 2. The third-order valence-electron chi connectivity index (χ3n) is 3.98. The largest absolute Gasteiger partial charge is 0.416 e. The second-order valence-corrected chi connectivity index (χ2v) is 6.08. The average molecular weight is 385 g/mol. The van der Waals surface area contributed by atoms with Gasteiger partial charge in [0.2, 0.25) is 5.91 Å². The van der Waals surface area contributed by atoms with Gasteiger partial charge in [-0.25, -0.2) is 4.98 Å². The molecular weight excluding hydrogens is 367 g/mol. The minimum Gasteiger partial charge on any atom is -0.370 e. The molecule has 0 spiro atoms. The number of fused-ring (bicyclic) bond motifs is 1. The number of aromatic nitrogens is 1. The number of hydrogen-bond acceptors (Lipinski definition) is 3. The molecule has 0 aliphatic rings. The molecule has 0 saturated carbocycles. The van der Waals surface area contributed by atoms with Crippen LogP contribution in [0.15, 0.2) is 60.7 Å². The Labute approximate surface area is 160 Å². The maximum atomic E-state index is 12.6. The molecule has 1 aromatic heterocycles. The highest BCUT2D eigenvalue weighted by molar-refractivity contribution is 6.03. The maximum Gasteiger partial charge on any atom is 0.416 e. The van der Waals surface area contributed by atoms with Crippen molar-refractivity contribution in [1.82, 2.24) is 4.98 Å². The first-order valence-corrected chi connectivity index (χ1v) is 8.66.